The van der Waals surface area contributed by atoms with Crippen molar-refractivity contribution in [2.75, 3.05) is 30.7 Å². The van der Waals surface area contributed by atoms with Crippen molar-refractivity contribution >= 4 is 22.9 Å². The van der Waals surface area contributed by atoms with Crippen LogP contribution in [0.2, 0.25) is 0 Å². The van der Waals surface area contributed by atoms with Gasteiger partial charge in [0.25, 0.3) is 0 Å². The Bertz CT molecular complexity index is 805. The number of unbranched alkanes of at least 4 members (excludes halogenated alkanes) is 1. The molecule has 1 unspecified atom stereocenters. The molecule has 3 heterocycles. The highest BCUT2D eigenvalue weighted by Gasteiger charge is 2.17. The molecule has 0 radical (unpaired) electrons. The van der Waals surface area contributed by atoms with Crippen molar-refractivity contribution in [1.29, 1.82) is 0 Å². The molecule has 2 aromatic heterocycles. The van der Waals surface area contributed by atoms with E-state index in [0.717, 1.165) is 32.2 Å². The highest BCUT2D eigenvalue weighted by molar-refractivity contribution is 5.82. The average Bonchev–Trinajstić information content (AvgIpc) is 2.86. The number of nitrogens with zero attached hydrogens (tertiary/aromatic N) is 4. The molecule has 0 spiro atoms. The number of aromatic amines is 1. The van der Waals surface area contributed by atoms with E-state index in [9.17, 15) is 4.79 Å². The zero-order valence-corrected chi connectivity index (χ0v) is 17.3. The van der Waals surface area contributed by atoms with E-state index < -0.39 is 0 Å². The number of fused-ring (bicyclic) bond motifs is 1. The third-order valence-electron chi connectivity index (χ3n) is 5.73. The summed E-state index contributed by atoms with van der Waals surface area (Å²) in [5, 5.41) is 3.20. The number of hydrogen-bond donors (Lipinski definition) is 3. The van der Waals surface area contributed by atoms with Gasteiger partial charge in [-0.1, -0.05) is 26.2 Å². The lowest BCUT2D eigenvalue weighted by molar-refractivity contribution is 0.203. The molecule has 4 N–H and O–H groups in total. The summed E-state index contributed by atoms with van der Waals surface area (Å²) in [5.74, 6) is 0.807. The van der Waals surface area contributed by atoms with Gasteiger partial charge in [0.1, 0.15) is 5.52 Å². The van der Waals surface area contributed by atoms with Crippen LogP contribution >= 0.6 is 0 Å². The summed E-state index contributed by atoms with van der Waals surface area (Å²) in [6.07, 6.45) is 9.44. The van der Waals surface area contributed by atoms with E-state index in [1.807, 2.05) is 0 Å². The molecule has 28 heavy (non-hydrogen) atoms. The van der Waals surface area contributed by atoms with Gasteiger partial charge in [-0.25, -0.2) is 4.79 Å². The molecular formula is C20H35N7O. The van der Waals surface area contributed by atoms with Crippen LogP contribution in [0.3, 0.4) is 0 Å². The van der Waals surface area contributed by atoms with Gasteiger partial charge in [0.05, 0.1) is 0 Å². The lowest BCUT2D eigenvalue weighted by Gasteiger charge is -2.27. The average molecular weight is 390 g/mol. The van der Waals surface area contributed by atoms with E-state index in [1.165, 1.54) is 38.8 Å². The van der Waals surface area contributed by atoms with Crippen LogP contribution in [0.25, 0.3) is 11.2 Å². The molecule has 0 saturated carbocycles. The number of rotatable bonds is 9. The number of nitrogen functional groups attached to an aromatic ring is 1. The Kier molecular flexibility index (Phi) is 7.30. The molecule has 0 aliphatic carbocycles. The van der Waals surface area contributed by atoms with Crippen molar-refractivity contribution in [2.24, 2.45) is 0 Å². The standard InChI is InChI=1S/C20H35N7O/c1-3-4-11-22-19-24-17(21)16-18(25-19)27(20(28)23-16)14-9-10-15(2)26-12-7-5-6-8-13-26/h15H,3-14H2,1-2H3,(H,23,28)(H3,21,22,24,25). The summed E-state index contributed by atoms with van der Waals surface area (Å²) < 4.78 is 1.70. The quantitative estimate of drug-likeness (QED) is 0.570. The van der Waals surface area contributed by atoms with Gasteiger partial charge in [-0.15, -0.1) is 0 Å². The zero-order chi connectivity index (χ0) is 19.9. The molecule has 1 aliphatic rings. The Morgan fingerprint density at radius 2 is 1.93 bits per heavy atom. The molecule has 8 heteroatoms. The highest BCUT2D eigenvalue weighted by atomic mass is 16.1. The fourth-order valence-corrected chi connectivity index (χ4v) is 3.98. The molecule has 1 saturated heterocycles. The summed E-state index contributed by atoms with van der Waals surface area (Å²) >= 11 is 0. The Labute approximate surface area is 166 Å². The smallest absolute Gasteiger partial charge is 0.327 e. The molecule has 0 bridgehead atoms. The first kappa shape index (κ1) is 20.6. The van der Waals surface area contributed by atoms with E-state index in [2.05, 4.69) is 39.0 Å². The fraction of sp³-hybridized carbons (Fsp3) is 0.750. The Hall–Kier alpha value is -2.09. The van der Waals surface area contributed by atoms with Gasteiger partial charge in [0.15, 0.2) is 11.5 Å². The third kappa shape index (κ3) is 5.04. The van der Waals surface area contributed by atoms with Gasteiger partial charge in [-0.3, -0.25) is 4.57 Å². The Balaban J connectivity index is 1.66. The summed E-state index contributed by atoms with van der Waals surface area (Å²) in [4.78, 5) is 26.7. The SMILES string of the molecule is CCCCNc1nc(N)c2[nH]c(=O)n(CCCC(C)N3CCCCCC3)c2n1. The van der Waals surface area contributed by atoms with Gasteiger partial charge in [-0.05, 0) is 52.1 Å². The number of imidazole rings is 1. The summed E-state index contributed by atoms with van der Waals surface area (Å²) in [6.45, 7) is 8.27. The maximum absolute atomic E-state index is 12.4. The first-order valence-electron chi connectivity index (χ1n) is 10.8. The molecule has 0 amide bonds. The van der Waals surface area contributed by atoms with Gasteiger partial charge in [-0.2, -0.15) is 9.97 Å². The second-order valence-electron chi connectivity index (χ2n) is 7.93. The van der Waals surface area contributed by atoms with Crippen molar-refractivity contribution in [1.82, 2.24) is 24.4 Å². The maximum Gasteiger partial charge on any atom is 0.327 e. The number of aromatic nitrogens is 4. The van der Waals surface area contributed by atoms with E-state index in [0.29, 0.717) is 35.5 Å². The number of likely N-dealkylation sites (tertiary alicyclic amines) is 1. The topological polar surface area (TPSA) is 105 Å². The minimum atomic E-state index is -0.163. The van der Waals surface area contributed by atoms with Crippen molar-refractivity contribution in [3.63, 3.8) is 0 Å². The molecule has 3 rings (SSSR count). The van der Waals surface area contributed by atoms with Crippen LogP contribution in [-0.2, 0) is 6.54 Å². The Morgan fingerprint density at radius 3 is 2.64 bits per heavy atom. The maximum atomic E-state index is 12.4. The second-order valence-corrected chi connectivity index (χ2v) is 7.93. The monoisotopic (exact) mass is 389 g/mol. The lowest BCUT2D eigenvalue weighted by atomic mass is 10.1. The minimum Gasteiger partial charge on any atom is -0.382 e. The molecule has 0 aromatic carbocycles. The van der Waals surface area contributed by atoms with Crippen molar-refractivity contribution in [2.45, 2.75) is 77.8 Å². The second kappa shape index (κ2) is 9.91. The van der Waals surface area contributed by atoms with Crippen LogP contribution in [0.15, 0.2) is 4.79 Å². The number of nitrogens with one attached hydrogen (secondary N) is 2. The van der Waals surface area contributed by atoms with Gasteiger partial charge >= 0.3 is 5.69 Å². The predicted molar refractivity (Wildman–Crippen MR) is 115 cm³/mol. The van der Waals surface area contributed by atoms with Gasteiger partial charge in [0.2, 0.25) is 5.95 Å². The molecule has 156 valence electrons. The fourth-order valence-electron chi connectivity index (χ4n) is 3.98. The van der Waals surface area contributed by atoms with Crippen molar-refractivity contribution in [3.05, 3.63) is 10.5 Å². The first-order valence-corrected chi connectivity index (χ1v) is 10.8. The summed E-state index contributed by atoms with van der Waals surface area (Å²) in [7, 11) is 0. The Morgan fingerprint density at radius 1 is 1.18 bits per heavy atom. The van der Waals surface area contributed by atoms with E-state index in [1.54, 1.807) is 4.57 Å². The lowest BCUT2D eigenvalue weighted by Crippen LogP contribution is -2.34. The van der Waals surface area contributed by atoms with Crippen LogP contribution in [0, 0.1) is 0 Å². The predicted octanol–water partition coefficient (Wildman–Crippen LogP) is 2.96. The highest BCUT2D eigenvalue weighted by Crippen LogP contribution is 2.18. The molecule has 2 aromatic rings. The minimum absolute atomic E-state index is 0.163. The third-order valence-corrected chi connectivity index (χ3v) is 5.73. The first-order chi connectivity index (χ1) is 13.6. The largest absolute Gasteiger partial charge is 0.382 e. The van der Waals surface area contributed by atoms with Crippen LogP contribution < -0.4 is 16.7 Å². The number of nitrogens with two attached hydrogens (primary N) is 1. The molecule has 1 atom stereocenters. The number of aryl methyl sites for hydroxylation is 1. The van der Waals surface area contributed by atoms with Crippen LogP contribution in [0.5, 0.6) is 0 Å². The normalized spacial score (nSPS) is 16.9. The molecule has 1 fully saturated rings. The molecular weight excluding hydrogens is 354 g/mol. The van der Waals surface area contributed by atoms with E-state index in [4.69, 9.17) is 5.73 Å². The number of hydrogen-bond acceptors (Lipinski definition) is 6. The molecule has 8 nitrogen and oxygen atoms in total. The molecule has 1 aliphatic heterocycles. The number of H-pyrrole nitrogens is 1. The van der Waals surface area contributed by atoms with Gasteiger partial charge in [0, 0.05) is 19.1 Å². The van der Waals surface area contributed by atoms with Crippen LogP contribution in [0.1, 0.15) is 65.2 Å². The summed E-state index contributed by atoms with van der Waals surface area (Å²) in [5.41, 5.74) is 7.02. The van der Waals surface area contributed by atoms with Crippen LogP contribution in [-0.4, -0.2) is 50.1 Å². The number of anilines is 2. The van der Waals surface area contributed by atoms with Crippen LogP contribution in [0.4, 0.5) is 11.8 Å². The van der Waals surface area contributed by atoms with Crippen molar-refractivity contribution in [3.8, 4) is 0 Å². The van der Waals surface area contributed by atoms with E-state index in [-0.39, 0.29) is 5.69 Å². The van der Waals surface area contributed by atoms with Gasteiger partial charge < -0.3 is 20.9 Å². The van der Waals surface area contributed by atoms with Crippen molar-refractivity contribution < 1.29 is 0 Å². The summed E-state index contributed by atoms with van der Waals surface area (Å²) in [6, 6.07) is 0.546. The van der Waals surface area contributed by atoms with E-state index >= 15 is 0 Å². The zero-order valence-electron chi connectivity index (χ0n) is 17.3.